The molecule has 1 N–H and O–H groups in total. The number of aliphatic hydroxyl groups is 1. The molecular weight excluding hydrogens is 380 g/mol. The van der Waals surface area contributed by atoms with E-state index in [0.717, 1.165) is 41.7 Å². The molecule has 0 saturated carbocycles. The van der Waals surface area contributed by atoms with Crippen LogP contribution in [0, 0.1) is 11.8 Å². The maximum absolute atomic E-state index is 11.2. The Bertz CT molecular complexity index is 766. The Morgan fingerprint density at radius 1 is 1.40 bits per heavy atom. The third kappa shape index (κ3) is 3.21. The lowest BCUT2D eigenvalue weighted by atomic mass is 9.73. The number of halogens is 1. The van der Waals surface area contributed by atoms with Crippen molar-refractivity contribution in [3.63, 3.8) is 0 Å². The third-order valence-corrected chi connectivity index (χ3v) is 5.82. The molecule has 1 aromatic heterocycles. The van der Waals surface area contributed by atoms with Crippen molar-refractivity contribution in [3.8, 4) is 5.75 Å². The normalized spacial score (nSPS) is 29.0. The predicted molar refractivity (Wildman–Crippen MR) is 105 cm³/mol. The van der Waals surface area contributed by atoms with E-state index in [0.29, 0.717) is 11.8 Å². The number of rotatable bonds is 4. The van der Waals surface area contributed by atoms with Crippen LogP contribution in [0.1, 0.15) is 24.5 Å². The van der Waals surface area contributed by atoms with Crippen LogP contribution in [0.25, 0.3) is 10.9 Å². The van der Waals surface area contributed by atoms with Crippen LogP contribution in [0.4, 0.5) is 0 Å². The van der Waals surface area contributed by atoms with E-state index in [1.165, 1.54) is 6.42 Å². The topological polar surface area (TPSA) is 45.6 Å². The zero-order valence-corrected chi connectivity index (χ0v) is 16.2. The minimum Gasteiger partial charge on any atom is -0.497 e. The van der Waals surface area contributed by atoms with Crippen molar-refractivity contribution < 1.29 is 9.84 Å². The number of pyridine rings is 1. The van der Waals surface area contributed by atoms with Gasteiger partial charge in [0.05, 0.1) is 18.7 Å². The second-order valence-electron chi connectivity index (χ2n) is 6.97. The van der Waals surface area contributed by atoms with Gasteiger partial charge in [-0.3, -0.25) is 9.88 Å². The number of fused-ring (bicyclic) bond motifs is 4. The first kappa shape index (κ1) is 18.4. The molecule has 4 heterocycles. The minimum atomic E-state index is -0.504. The molecule has 0 amide bonds. The molecule has 0 spiro atoms. The van der Waals surface area contributed by atoms with E-state index in [2.05, 4.69) is 22.5 Å². The van der Waals surface area contributed by atoms with Gasteiger partial charge in [0.1, 0.15) is 5.75 Å². The van der Waals surface area contributed by atoms with Crippen molar-refractivity contribution in [3.05, 3.63) is 48.7 Å². The molecule has 3 aliphatic heterocycles. The second kappa shape index (κ2) is 7.44. The van der Waals surface area contributed by atoms with Gasteiger partial charge in [0.25, 0.3) is 0 Å². The quantitative estimate of drug-likeness (QED) is 0.788. The number of hydrogen-bond donors (Lipinski definition) is 1. The average Bonchev–Trinajstić information content (AvgIpc) is 2.66. The molecule has 25 heavy (non-hydrogen) atoms. The van der Waals surface area contributed by atoms with E-state index in [4.69, 9.17) is 4.74 Å². The highest BCUT2D eigenvalue weighted by molar-refractivity contribution is 8.93. The zero-order valence-electron chi connectivity index (χ0n) is 14.5. The zero-order chi connectivity index (χ0) is 16.7. The fourth-order valence-corrected chi connectivity index (χ4v) is 4.44. The molecule has 5 heteroatoms. The molecule has 3 unspecified atom stereocenters. The van der Waals surface area contributed by atoms with Gasteiger partial charge in [-0.05, 0) is 61.1 Å². The van der Waals surface area contributed by atoms with Gasteiger partial charge in [-0.15, -0.1) is 23.6 Å². The van der Waals surface area contributed by atoms with Gasteiger partial charge in [0.2, 0.25) is 0 Å². The van der Waals surface area contributed by atoms with Crippen molar-refractivity contribution in [1.82, 2.24) is 9.88 Å². The van der Waals surface area contributed by atoms with Crippen LogP contribution in [0.15, 0.2) is 43.1 Å². The summed E-state index contributed by atoms with van der Waals surface area (Å²) in [6.07, 6.45) is 5.62. The van der Waals surface area contributed by atoms with E-state index in [1.807, 2.05) is 24.3 Å². The van der Waals surface area contributed by atoms with Crippen molar-refractivity contribution in [1.29, 1.82) is 0 Å². The first-order valence-electron chi connectivity index (χ1n) is 8.68. The van der Waals surface area contributed by atoms with Crippen LogP contribution >= 0.6 is 17.0 Å². The molecular formula is C20H25BrN2O2. The molecule has 0 radical (unpaired) electrons. The number of ether oxygens (including phenoxy) is 1. The van der Waals surface area contributed by atoms with Gasteiger partial charge in [-0.1, -0.05) is 6.08 Å². The van der Waals surface area contributed by atoms with E-state index in [1.54, 1.807) is 13.3 Å². The first-order chi connectivity index (χ1) is 11.7. The Hall–Kier alpha value is -1.43. The van der Waals surface area contributed by atoms with E-state index < -0.39 is 6.10 Å². The fourth-order valence-electron chi connectivity index (χ4n) is 4.44. The van der Waals surface area contributed by atoms with Gasteiger partial charge in [0.15, 0.2) is 0 Å². The van der Waals surface area contributed by atoms with Gasteiger partial charge < -0.3 is 9.84 Å². The Morgan fingerprint density at radius 3 is 2.92 bits per heavy atom. The predicted octanol–water partition coefficient (Wildman–Crippen LogP) is 3.75. The van der Waals surface area contributed by atoms with Crippen LogP contribution in [-0.4, -0.2) is 41.2 Å². The van der Waals surface area contributed by atoms with Crippen LogP contribution < -0.4 is 4.74 Å². The smallest absolute Gasteiger partial charge is 0.119 e. The summed E-state index contributed by atoms with van der Waals surface area (Å²) in [5.41, 5.74) is 1.85. The van der Waals surface area contributed by atoms with E-state index in [9.17, 15) is 5.11 Å². The van der Waals surface area contributed by atoms with Gasteiger partial charge in [-0.2, -0.15) is 0 Å². The number of methoxy groups -OCH3 is 1. The lowest BCUT2D eigenvalue weighted by Gasteiger charge is -2.50. The largest absolute Gasteiger partial charge is 0.497 e. The Labute approximate surface area is 159 Å². The van der Waals surface area contributed by atoms with Gasteiger partial charge >= 0.3 is 0 Å². The number of hydrogen-bond acceptors (Lipinski definition) is 4. The molecule has 2 bridgehead atoms. The SMILES string of the molecule is Br.C=C[C@@H]1CN2CCC1C[C@@H]2C(O)c1ccnc2ccc(OC)cc12. The Balaban J connectivity index is 0.00000182. The van der Waals surface area contributed by atoms with Crippen LogP contribution in [0.2, 0.25) is 0 Å². The summed E-state index contributed by atoms with van der Waals surface area (Å²) in [4.78, 5) is 6.86. The summed E-state index contributed by atoms with van der Waals surface area (Å²) in [7, 11) is 1.66. The lowest BCUT2D eigenvalue weighted by molar-refractivity contribution is -0.0444. The summed E-state index contributed by atoms with van der Waals surface area (Å²) in [5.74, 6) is 2.01. The maximum atomic E-state index is 11.2. The van der Waals surface area contributed by atoms with Crippen molar-refractivity contribution in [2.75, 3.05) is 20.2 Å². The Kier molecular flexibility index (Phi) is 5.46. The molecule has 3 saturated heterocycles. The second-order valence-corrected chi connectivity index (χ2v) is 6.97. The number of benzene rings is 1. The van der Waals surface area contributed by atoms with Crippen LogP contribution in [-0.2, 0) is 0 Å². The average molecular weight is 405 g/mol. The van der Waals surface area contributed by atoms with E-state index >= 15 is 0 Å². The number of nitrogens with zero attached hydrogens (tertiary/aromatic N) is 2. The maximum Gasteiger partial charge on any atom is 0.119 e. The molecule has 1 aromatic carbocycles. The fraction of sp³-hybridized carbons (Fsp3) is 0.450. The first-order valence-corrected chi connectivity index (χ1v) is 8.68. The molecule has 4 nitrogen and oxygen atoms in total. The summed E-state index contributed by atoms with van der Waals surface area (Å²) >= 11 is 0. The molecule has 3 aliphatic rings. The number of piperidine rings is 3. The van der Waals surface area contributed by atoms with Crippen molar-refractivity contribution in [2.45, 2.75) is 25.0 Å². The molecule has 5 atom stereocenters. The number of aromatic nitrogens is 1. The summed E-state index contributed by atoms with van der Waals surface area (Å²) in [5, 5.41) is 12.1. The highest BCUT2D eigenvalue weighted by atomic mass is 79.9. The van der Waals surface area contributed by atoms with Crippen molar-refractivity contribution in [2.24, 2.45) is 11.8 Å². The third-order valence-electron chi connectivity index (χ3n) is 5.82. The Morgan fingerprint density at radius 2 is 2.24 bits per heavy atom. The summed E-state index contributed by atoms with van der Waals surface area (Å²) in [6, 6.07) is 7.96. The number of aliphatic hydroxyl groups excluding tert-OH is 1. The molecule has 3 fully saturated rings. The standard InChI is InChI=1S/C20H24N2O2.BrH/c1-3-13-12-22-9-7-14(13)10-19(22)20(23)16-6-8-21-18-5-4-15(24-2)11-17(16)18;/h3-6,8,11,13-14,19-20,23H,1,7,9-10,12H2,2H3;1H/t13-,14?,19-,20?;/m1./s1. The summed E-state index contributed by atoms with van der Waals surface area (Å²) < 4.78 is 5.35. The summed E-state index contributed by atoms with van der Waals surface area (Å²) in [6.45, 7) is 6.07. The van der Waals surface area contributed by atoms with Crippen LogP contribution in [0.3, 0.4) is 0 Å². The highest BCUT2D eigenvalue weighted by Gasteiger charge is 2.42. The van der Waals surface area contributed by atoms with Gasteiger partial charge in [-0.25, -0.2) is 0 Å². The van der Waals surface area contributed by atoms with Crippen LogP contribution in [0.5, 0.6) is 5.75 Å². The van der Waals surface area contributed by atoms with Crippen molar-refractivity contribution >= 4 is 27.9 Å². The highest BCUT2D eigenvalue weighted by Crippen LogP contribution is 2.42. The minimum absolute atomic E-state index is 0. The van der Waals surface area contributed by atoms with E-state index in [-0.39, 0.29) is 23.0 Å². The molecule has 134 valence electrons. The monoisotopic (exact) mass is 404 g/mol. The molecule has 2 aromatic rings. The lowest BCUT2D eigenvalue weighted by Crippen LogP contribution is -2.54. The van der Waals surface area contributed by atoms with Gasteiger partial charge in [0, 0.05) is 24.2 Å². The molecule has 0 aliphatic carbocycles. The molecule has 5 rings (SSSR count).